The Labute approximate surface area is 162 Å². The van der Waals surface area contributed by atoms with Gasteiger partial charge in [-0.05, 0) is 36.4 Å². The van der Waals surface area contributed by atoms with E-state index in [1.807, 2.05) is 12.1 Å². The summed E-state index contributed by atoms with van der Waals surface area (Å²) >= 11 is 6.12. The van der Waals surface area contributed by atoms with Gasteiger partial charge in [0.05, 0.1) is 22.6 Å². The Hall–Kier alpha value is -2.42. The average Bonchev–Trinajstić information content (AvgIpc) is 3.15. The first kappa shape index (κ1) is 19.3. The first-order valence-electron chi connectivity index (χ1n) is 8.09. The normalized spacial score (nSPS) is 11.7. The van der Waals surface area contributed by atoms with Gasteiger partial charge in [0.15, 0.2) is 5.82 Å². The molecule has 9 heteroatoms. The van der Waals surface area contributed by atoms with Crippen molar-refractivity contribution in [2.45, 2.75) is 11.3 Å². The summed E-state index contributed by atoms with van der Waals surface area (Å²) in [4.78, 5) is 4.48. The molecule has 0 unspecified atom stereocenters. The minimum Gasteiger partial charge on any atom is -0.497 e. The number of ether oxygens (including phenoxy) is 1. The van der Waals surface area contributed by atoms with Crippen LogP contribution in [0.15, 0.2) is 57.9 Å². The molecule has 0 saturated carbocycles. The fraction of sp³-hybridized carbons (Fsp3) is 0.222. The number of hydrogen-bond donors (Lipinski definition) is 0. The summed E-state index contributed by atoms with van der Waals surface area (Å²) in [5.74, 6) is 1.30. The van der Waals surface area contributed by atoms with E-state index in [-0.39, 0.29) is 11.4 Å². The van der Waals surface area contributed by atoms with Crippen LogP contribution in [-0.4, -0.2) is 43.6 Å². The quantitative estimate of drug-likeness (QED) is 0.597. The summed E-state index contributed by atoms with van der Waals surface area (Å²) < 4.78 is 36.8. The van der Waals surface area contributed by atoms with E-state index in [2.05, 4.69) is 10.1 Å². The maximum atomic E-state index is 12.6. The molecule has 7 nitrogen and oxygen atoms in total. The zero-order valence-electron chi connectivity index (χ0n) is 14.8. The topological polar surface area (TPSA) is 85.5 Å². The van der Waals surface area contributed by atoms with E-state index in [9.17, 15) is 8.42 Å². The Morgan fingerprint density at radius 3 is 2.52 bits per heavy atom. The van der Waals surface area contributed by atoms with Crippen molar-refractivity contribution in [2.75, 3.05) is 20.7 Å². The fourth-order valence-corrected chi connectivity index (χ4v) is 3.79. The highest BCUT2D eigenvalue weighted by Gasteiger charge is 2.21. The molecule has 0 spiro atoms. The minimum atomic E-state index is -3.62. The molecule has 3 rings (SSSR count). The smallest absolute Gasteiger partial charge is 0.259 e. The van der Waals surface area contributed by atoms with Gasteiger partial charge in [-0.1, -0.05) is 28.9 Å². The van der Waals surface area contributed by atoms with Crippen molar-refractivity contribution >= 4 is 21.6 Å². The van der Waals surface area contributed by atoms with Crippen molar-refractivity contribution in [3.05, 3.63) is 59.4 Å². The molecule has 1 heterocycles. The molecule has 0 amide bonds. The maximum absolute atomic E-state index is 12.6. The molecule has 0 radical (unpaired) electrons. The van der Waals surface area contributed by atoms with Crippen LogP contribution in [0, 0.1) is 0 Å². The predicted molar refractivity (Wildman–Crippen MR) is 101 cm³/mol. The molecule has 0 atom stereocenters. The zero-order valence-corrected chi connectivity index (χ0v) is 16.4. The summed E-state index contributed by atoms with van der Waals surface area (Å²) in [6.07, 6.45) is 0.305. The van der Waals surface area contributed by atoms with Gasteiger partial charge in [0, 0.05) is 20.0 Å². The first-order chi connectivity index (χ1) is 12.9. The lowest BCUT2D eigenvalue weighted by Crippen LogP contribution is -2.29. The van der Waals surface area contributed by atoms with Crippen LogP contribution in [-0.2, 0) is 16.4 Å². The molecule has 27 heavy (non-hydrogen) atoms. The molecular weight excluding hydrogens is 390 g/mol. The van der Waals surface area contributed by atoms with E-state index in [4.69, 9.17) is 20.9 Å². The van der Waals surface area contributed by atoms with E-state index in [0.29, 0.717) is 34.5 Å². The number of nitrogens with zero attached hydrogens (tertiary/aromatic N) is 3. The van der Waals surface area contributed by atoms with Crippen molar-refractivity contribution in [2.24, 2.45) is 0 Å². The van der Waals surface area contributed by atoms with Gasteiger partial charge in [-0.25, -0.2) is 12.7 Å². The monoisotopic (exact) mass is 407 g/mol. The van der Waals surface area contributed by atoms with Crippen LogP contribution in [0.4, 0.5) is 0 Å². The molecule has 0 aliphatic carbocycles. The van der Waals surface area contributed by atoms with Crippen LogP contribution in [0.2, 0.25) is 5.02 Å². The van der Waals surface area contributed by atoms with E-state index in [0.717, 1.165) is 0 Å². The lowest BCUT2D eigenvalue weighted by molar-refractivity contribution is 0.413. The number of sulfonamides is 1. The highest BCUT2D eigenvalue weighted by atomic mass is 35.5. The Morgan fingerprint density at radius 2 is 1.85 bits per heavy atom. The number of rotatable bonds is 7. The molecular formula is C18H18ClN3O4S. The van der Waals surface area contributed by atoms with Crippen LogP contribution in [0.25, 0.3) is 11.5 Å². The molecule has 1 aromatic heterocycles. The summed E-state index contributed by atoms with van der Waals surface area (Å²) in [7, 11) is -0.582. The van der Waals surface area contributed by atoms with Crippen LogP contribution in [0.5, 0.6) is 5.75 Å². The van der Waals surface area contributed by atoms with E-state index in [1.54, 1.807) is 24.3 Å². The Bertz CT molecular complexity index is 1020. The number of likely N-dealkylation sites (N-methyl/N-ethyl adjacent to an activating group) is 1. The van der Waals surface area contributed by atoms with Gasteiger partial charge in [0.2, 0.25) is 10.0 Å². The Morgan fingerprint density at radius 1 is 1.15 bits per heavy atom. The van der Waals surface area contributed by atoms with Crippen molar-refractivity contribution < 1.29 is 17.7 Å². The molecule has 0 fully saturated rings. The number of hydrogen-bond acceptors (Lipinski definition) is 6. The lowest BCUT2D eigenvalue weighted by atomic mass is 10.2. The van der Waals surface area contributed by atoms with Crippen molar-refractivity contribution in [1.29, 1.82) is 0 Å². The highest BCUT2D eigenvalue weighted by Crippen LogP contribution is 2.26. The van der Waals surface area contributed by atoms with Gasteiger partial charge < -0.3 is 9.26 Å². The molecule has 0 aliphatic rings. The summed E-state index contributed by atoms with van der Waals surface area (Å²) in [5, 5.41) is 4.41. The minimum absolute atomic E-state index is 0.190. The molecule has 0 bridgehead atoms. The van der Waals surface area contributed by atoms with Gasteiger partial charge in [-0.3, -0.25) is 0 Å². The number of methoxy groups -OCH3 is 1. The SMILES string of the molecule is COc1ccc(S(=O)(=O)N(C)CCc2noc(-c3ccccc3Cl)n2)cc1. The maximum Gasteiger partial charge on any atom is 0.259 e. The van der Waals surface area contributed by atoms with E-state index >= 15 is 0 Å². The second-order valence-electron chi connectivity index (χ2n) is 5.75. The van der Waals surface area contributed by atoms with Crippen LogP contribution < -0.4 is 4.74 Å². The van der Waals surface area contributed by atoms with Crippen molar-refractivity contribution in [1.82, 2.24) is 14.4 Å². The third kappa shape index (κ3) is 4.29. The summed E-state index contributed by atoms with van der Waals surface area (Å²) in [6, 6.07) is 13.4. The van der Waals surface area contributed by atoms with Gasteiger partial charge >= 0.3 is 0 Å². The van der Waals surface area contributed by atoms with Crippen LogP contribution >= 0.6 is 11.6 Å². The predicted octanol–water partition coefficient (Wildman–Crippen LogP) is 3.26. The Kier molecular flexibility index (Phi) is 5.79. The zero-order chi connectivity index (χ0) is 19.4. The van der Waals surface area contributed by atoms with Crippen LogP contribution in [0.3, 0.4) is 0 Å². The van der Waals surface area contributed by atoms with E-state index < -0.39 is 10.0 Å². The molecule has 0 saturated heterocycles. The average molecular weight is 408 g/mol. The number of halogens is 1. The molecule has 2 aromatic carbocycles. The molecule has 0 aliphatic heterocycles. The number of aromatic nitrogens is 2. The van der Waals surface area contributed by atoms with Gasteiger partial charge in [0.1, 0.15) is 5.75 Å². The lowest BCUT2D eigenvalue weighted by Gasteiger charge is -2.16. The molecule has 0 N–H and O–H groups in total. The molecule has 3 aromatic rings. The van der Waals surface area contributed by atoms with Gasteiger partial charge in [0.25, 0.3) is 5.89 Å². The molecule has 142 valence electrons. The largest absolute Gasteiger partial charge is 0.497 e. The summed E-state index contributed by atoms with van der Waals surface area (Å²) in [6.45, 7) is 0.204. The van der Waals surface area contributed by atoms with E-state index in [1.165, 1.54) is 30.6 Å². The standard InChI is InChI=1S/C18H18ClN3O4S/c1-22(27(23,24)14-9-7-13(25-2)8-10-14)12-11-17-20-18(26-21-17)15-5-3-4-6-16(15)19/h3-10H,11-12H2,1-2H3. The third-order valence-electron chi connectivity index (χ3n) is 3.99. The third-order valence-corrected chi connectivity index (χ3v) is 6.19. The van der Waals surface area contributed by atoms with Gasteiger partial charge in [-0.2, -0.15) is 4.98 Å². The summed E-state index contributed by atoms with van der Waals surface area (Å²) in [5.41, 5.74) is 0.636. The second kappa shape index (κ2) is 8.08. The van der Waals surface area contributed by atoms with Gasteiger partial charge in [-0.15, -0.1) is 0 Å². The number of benzene rings is 2. The van der Waals surface area contributed by atoms with Crippen molar-refractivity contribution in [3.63, 3.8) is 0 Å². The fourth-order valence-electron chi connectivity index (χ4n) is 2.40. The second-order valence-corrected chi connectivity index (χ2v) is 8.20. The Balaban J connectivity index is 1.68. The van der Waals surface area contributed by atoms with Crippen LogP contribution in [0.1, 0.15) is 5.82 Å². The first-order valence-corrected chi connectivity index (χ1v) is 9.91. The van der Waals surface area contributed by atoms with Crippen molar-refractivity contribution in [3.8, 4) is 17.2 Å². The highest BCUT2D eigenvalue weighted by molar-refractivity contribution is 7.89.